The number of nitrogens with zero attached hydrogens (tertiary/aromatic N) is 1. The highest BCUT2D eigenvalue weighted by Gasteiger charge is 2.17. The molecule has 1 saturated carbocycles. The van der Waals surface area contributed by atoms with Gasteiger partial charge in [0.05, 0.1) is 6.54 Å². The monoisotopic (exact) mass is 327 g/mol. The minimum Gasteiger partial charge on any atom is -0.441 e. The molecule has 1 fully saturated rings. The number of benzene rings is 1. The van der Waals surface area contributed by atoms with Crippen molar-refractivity contribution in [1.29, 1.82) is 0 Å². The molecular formula is C19H25N3O2. The fraction of sp³-hybridized carbons (Fsp3) is 0.474. The summed E-state index contributed by atoms with van der Waals surface area (Å²) in [6, 6.07) is 8.17. The Balaban J connectivity index is 1.59. The van der Waals surface area contributed by atoms with Gasteiger partial charge in [0, 0.05) is 11.6 Å². The average molecular weight is 327 g/mol. The second-order valence-corrected chi connectivity index (χ2v) is 6.50. The molecule has 2 N–H and O–H groups in total. The van der Waals surface area contributed by atoms with Crippen molar-refractivity contribution in [3.8, 4) is 11.5 Å². The van der Waals surface area contributed by atoms with Crippen LogP contribution < -0.4 is 10.6 Å². The van der Waals surface area contributed by atoms with Gasteiger partial charge in [0.2, 0.25) is 5.89 Å². The summed E-state index contributed by atoms with van der Waals surface area (Å²) in [4.78, 5) is 16.6. The number of hydrogen-bond acceptors (Lipinski definition) is 3. The van der Waals surface area contributed by atoms with E-state index in [1.807, 2.05) is 38.1 Å². The highest BCUT2D eigenvalue weighted by molar-refractivity contribution is 5.74. The van der Waals surface area contributed by atoms with Gasteiger partial charge >= 0.3 is 6.03 Å². The Morgan fingerprint density at radius 1 is 1.21 bits per heavy atom. The summed E-state index contributed by atoms with van der Waals surface area (Å²) in [5, 5.41) is 5.94. The van der Waals surface area contributed by atoms with E-state index in [0.29, 0.717) is 18.5 Å². The smallest absolute Gasteiger partial charge is 0.315 e. The number of aromatic nitrogens is 1. The number of amides is 2. The van der Waals surface area contributed by atoms with Crippen molar-refractivity contribution in [2.45, 2.75) is 58.5 Å². The summed E-state index contributed by atoms with van der Waals surface area (Å²) in [6.07, 6.45) is 5.83. The van der Waals surface area contributed by atoms with Crippen LogP contribution in [0.25, 0.3) is 11.5 Å². The predicted octanol–water partition coefficient (Wildman–Crippen LogP) is 4.09. The molecule has 5 heteroatoms. The molecule has 1 aliphatic rings. The van der Waals surface area contributed by atoms with Crippen LogP contribution in [0.1, 0.15) is 49.1 Å². The molecule has 1 aromatic heterocycles. The number of carbonyl (C=O) groups is 1. The van der Waals surface area contributed by atoms with E-state index in [9.17, 15) is 4.79 Å². The number of aryl methyl sites for hydroxylation is 2. The van der Waals surface area contributed by atoms with Crippen LogP contribution in [0, 0.1) is 13.8 Å². The Hall–Kier alpha value is -2.30. The van der Waals surface area contributed by atoms with Crippen molar-refractivity contribution in [3.63, 3.8) is 0 Å². The van der Waals surface area contributed by atoms with Crippen molar-refractivity contribution >= 4 is 6.03 Å². The van der Waals surface area contributed by atoms with E-state index >= 15 is 0 Å². The third-order valence-electron chi connectivity index (χ3n) is 4.62. The fourth-order valence-corrected chi connectivity index (χ4v) is 3.17. The van der Waals surface area contributed by atoms with Gasteiger partial charge in [-0.05, 0) is 38.3 Å². The maximum absolute atomic E-state index is 12.0. The zero-order valence-electron chi connectivity index (χ0n) is 14.4. The van der Waals surface area contributed by atoms with E-state index in [1.165, 1.54) is 19.3 Å². The standard InChI is InChI=1S/C19H25N3O2/c1-13-8-6-7-11-16(13)18-22-17(14(2)24-18)12-20-19(23)21-15-9-4-3-5-10-15/h6-8,11,15H,3-5,9-10,12H2,1-2H3,(H2,20,21,23). The van der Waals surface area contributed by atoms with Gasteiger partial charge in [-0.25, -0.2) is 9.78 Å². The molecule has 0 spiro atoms. The first-order valence-electron chi connectivity index (χ1n) is 8.70. The van der Waals surface area contributed by atoms with Crippen molar-refractivity contribution in [2.75, 3.05) is 0 Å². The first-order valence-corrected chi connectivity index (χ1v) is 8.70. The van der Waals surface area contributed by atoms with Crippen LogP contribution >= 0.6 is 0 Å². The number of hydrogen-bond donors (Lipinski definition) is 2. The Labute approximate surface area is 142 Å². The molecule has 5 nitrogen and oxygen atoms in total. The van der Waals surface area contributed by atoms with E-state index in [-0.39, 0.29) is 6.03 Å². The second kappa shape index (κ2) is 7.51. The average Bonchev–Trinajstić information content (AvgIpc) is 2.95. The largest absolute Gasteiger partial charge is 0.441 e. The van der Waals surface area contributed by atoms with Crippen LogP contribution in [0.15, 0.2) is 28.7 Å². The third-order valence-corrected chi connectivity index (χ3v) is 4.62. The summed E-state index contributed by atoms with van der Waals surface area (Å²) in [7, 11) is 0. The maximum Gasteiger partial charge on any atom is 0.315 e. The van der Waals surface area contributed by atoms with Gasteiger partial charge in [-0.1, -0.05) is 37.5 Å². The van der Waals surface area contributed by atoms with E-state index in [4.69, 9.17) is 4.42 Å². The van der Waals surface area contributed by atoms with Crippen LogP contribution in [0.3, 0.4) is 0 Å². The lowest BCUT2D eigenvalue weighted by atomic mass is 9.96. The SMILES string of the molecule is Cc1ccccc1-c1nc(CNC(=O)NC2CCCCC2)c(C)o1. The lowest BCUT2D eigenvalue weighted by Crippen LogP contribution is -2.42. The molecule has 1 aromatic carbocycles. The molecule has 0 atom stereocenters. The lowest BCUT2D eigenvalue weighted by molar-refractivity contribution is 0.232. The van der Waals surface area contributed by atoms with Gasteiger partial charge in [-0.15, -0.1) is 0 Å². The molecule has 1 aliphatic carbocycles. The number of oxazole rings is 1. The van der Waals surface area contributed by atoms with Crippen LogP contribution in [0.4, 0.5) is 4.79 Å². The van der Waals surface area contributed by atoms with Crippen molar-refractivity contribution in [1.82, 2.24) is 15.6 Å². The zero-order chi connectivity index (χ0) is 16.9. The summed E-state index contributed by atoms with van der Waals surface area (Å²) in [5.41, 5.74) is 2.87. The molecule has 24 heavy (non-hydrogen) atoms. The molecule has 1 heterocycles. The minimum absolute atomic E-state index is 0.123. The van der Waals surface area contributed by atoms with Crippen molar-refractivity contribution in [3.05, 3.63) is 41.3 Å². The van der Waals surface area contributed by atoms with Crippen LogP contribution in [0.2, 0.25) is 0 Å². The Morgan fingerprint density at radius 2 is 1.96 bits per heavy atom. The van der Waals surface area contributed by atoms with E-state index < -0.39 is 0 Å². The Morgan fingerprint density at radius 3 is 2.71 bits per heavy atom. The Kier molecular flexibility index (Phi) is 5.18. The summed E-state index contributed by atoms with van der Waals surface area (Å²) in [6.45, 7) is 4.29. The quantitative estimate of drug-likeness (QED) is 0.889. The summed E-state index contributed by atoms with van der Waals surface area (Å²) in [5.74, 6) is 1.35. The molecule has 2 aromatic rings. The van der Waals surface area contributed by atoms with Crippen LogP contribution in [-0.4, -0.2) is 17.1 Å². The first-order chi connectivity index (χ1) is 11.6. The van der Waals surface area contributed by atoms with Crippen molar-refractivity contribution < 1.29 is 9.21 Å². The van der Waals surface area contributed by atoms with E-state index in [2.05, 4.69) is 15.6 Å². The lowest BCUT2D eigenvalue weighted by Gasteiger charge is -2.22. The summed E-state index contributed by atoms with van der Waals surface area (Å²) >= 11 is 0. The molecule has 0 bridgehead atoms. The number of carbonyl (C=O) groups excluding carboxylic acids is 1. The van der Waals surface area contributed by atoms with Gasteiger partial charge in [0.15, 0.2) is 0 Å². The number of nitrogens with one attached hydrogen (secondary N) is 2. The maximum atomic E-state index is 12.0. The van der Waals surface area contributed by atoms with E-state index in [0.717, 1.165) is 35.4 Å². The Bertz CT molecular complexity index is 702. The van der Waals surface area contributed by atoms with Crippen molar-refractivity contribution in [2.24, 2.45) is 0 Å². The molecule has 3 rings (SSSR count). The molecule has 128 valence electrons. The second-order valence-electron chi connectivity index (χ2n) is 6.50. The first kappa shape index (κ1) is 16.6. The minimum atomic E-state index is -0.123. The van der Waals surface area contributed by atoms with Gasteiger partial charge in [-0.3, -0.25) is 0 Å². The molecule has 0 unspecified atom stereocenters. The molecular weight excluding hydrogens is 302 g/mol. The predicted molar refractivity (Wildman–Crippen MR) is 93.7 cm³/mol. The van der Waals surface area contributed by atoms with Gasteiger partial charge < -0.3 is 15.1 Å². The highest BCUT2D eigenvalue weighted by Crippen LogP contribution is 2.24. The fourth-order valence-electron chi connectivity index (χ4n) is 3.17. The number of rotatable bonds is 4. The van der Waals surface area contributed by atoms with E-state index in [1.54, 1.807) is 0 Å². The topological polar surface area (TPSA) is 67.2 Å². The molecule has 0 radical (unpaired) electrons. The van der Waals surface area contributed by atoms with Gasteiger partial charge in [0.1, 0.15) is 11.5 Å². The van der Waals surface area contributed by atoms with Crippen LogP contribution in [0.5, 0.6) is 0 Å². The molecule has 2 amide bonds. The van der Waals surface area contributed by atoms with Crippen LogP contribution in [-0.2, 0) is 6.54 Å². The highest BCUT2D eigenvalue weighted by atomic mass is 16.4. The molecule has 0 saturated heterocycles. The third kappa shape index (κ3) is 3.96. The molecule has 0 aliphatic heterocycles. The summed E-state index contributed by atoms with van der Waals surface area (Å²) < 4.78 is 5.78. The van der Waals surface area contributed by atoms with Gasteiger partial charge in [-0.2, -0.15) is 0 Å². The number of urea groups is 1. The zero-order valence-corrected chi connectivity index (χ0v) is 14.4. The normalized spacial score (nSPS) is 15.2. The van der Waals surface area contributed by atoms with Gasteiger partial charge in [0.25, 0.3) is 0 Å².